The van der Waals surface area contributed by atoms with Crippen LogP contribution in [0.1, 0.15) is 5.69 Å². The molecule has 0 aliphatic carbocycles. The molecule has 0 spiro atoms. The van der Waals surface area contributed by atoms with Crippen LogP contribution in [-0.2, 0) is 0 Å². The van der Waals surface area contributed by atoms with Gasteiger partial charge in [-0.2, -0.15) is 4.39 Å². The first kappa shape index (κ1) is 7.04. The maximum absolute atomic E-state index is 12.4. The van der Waals surface area contributed by atoms with Gasteiger partial charge in [0.15, 0.2) is 0 Å². The number of nitrogens with zero attached hydrogens (tertiary/aromatic N) is 1. The Labute approximate surface area is 62.8 Å². The Morgan fingerprint density at radius 3 is 2.80 bits per heavy atom. The molecule has 3 heteroatoms. The van der Waals surface area contributed by atoms with Crippen LogP contribution in [0.4, 0.5) is 4.39 Å². The molecule has 1 aromatic heterocycles. The molecule has 50 valence electrons. The van der Waals surface area contributed by atoms with Crippen molar-refractivity contribution in [3.05, 3.63) is 28.8 Å². The van der Waals surface area contributed by atoms with E-state index >= 15 is 0 Å². The summed E-state index contributed by atoms with van der Waals surface area (Å²) in [6, 6.07) is 2.85. The summed E-state index contributed by atoms with van der Waals surface area (Å²) in [5.41, 5.74) is 0.252. The average Bonchev–Trinajstić information content (AvgIpc) is 1.95. The van der Waals surface area contributed by atoms with E-state index in [1.807, 2.05) is 0 Å². The van der Waals surface area contributed by atoms with Crippen LogP contribution >= 0.6 is 11.6 Å². The molecule has 0 unspecified atom stereocenters. The van der Waals surface area contributed by atoms with Crippen LogP contribution in [0.15, 0.2) is 12.1 Å². The Morgan fingerprint density at radius 1 is 1.60 bits per heavy atom. The Balaban J connectivity index is 3.20. The summed E-state index contributed by atoms with van der Waals surface area (Å²) in [6.07, 6.45) is 4.95. The van der Waals surface area contributed by atoms with Crippen LogP contribution in [0, 0.1) is 18.3 Å². The third kappa shape index (κ3) is 1.26. The predicted octanol–water partition coefficient (Wildman–Crippen LogP) is 1.86. The Kier molecular flexibility index (Phi) is 1.88. The fourth-order valence-electron chi connectivity index (χ4n) is 0.498. The molecule has 0 fully saturated rings. The molecule has 0 amide bonds. The van der Waals surface area contributed by atoms with Gasteiger partial charge in [0.25, 0.3) is 0 Å². The summed E-state index contributed by atoms with van der Waals surface area (Å²) in [4.78, 5) is 3.36. The molecule has 0 radical (unpaired) electrons. The lowest BCUT2D eigenvalue weighted by Gasteiger charge is -1.91. The lowest BCUT2D eigenvalue weighted by molar-refractivity contribution is 0.583. The first-order valence-electron chi connectivity index (χ1n) is 2.52. The minimum atomic E-state index is -0.725. The smallest absolute Gasteiger partial charge is 0.210 e. The summed E-state index contributed by atoms with van der Waals surface area (Å²) < 4.78 is 12.4. The normalized spacial score (nSPS) is 8.90. The zero-order valence-electron chi connectivity index (χ0n) is 4.94. The topological polar surface area (TPSA) is 12.9 Å². The van der Waals surface area contributed by atoms with Gasteiger partial charge < -0.3 is 0 Å². The van der Waals surface area contributed by atoms with Crippen molar-refractivity contribution >= 4 is 11.6 Å². The van der Waals surface area contributed by atoms with E-state index in [9.17, 15) is 4.39 Å². The van der Waals surface area contributed by atoms with E-state index in [1.165, 1.54) is 12.1 Å². The SMILES string of the molecule is C#Cc1ccc(Cl)c(F)n1. The number of aromatic nitrogens is 1. The first-order valence-corrected chi connectivity index (χ1v) is 2.90. The van der Waals surface area contributed by atoms with Crippen molar-refractivity contribution in [3.63, 3.8) is 0 Å². The van der Waals surface area contributed by atoms with Gasteiger partial charge in [0.05, 0.1) is 5.02 Å². The van der Waals surface area contributed by atoms with Crippen molar-refractivity contribution in [2.75, 3.05) is 0 Å². The zero-order valence-corrected chi connectivity index (χ0v) is 5.69. The van der Waals surface area contributed by atoms with E-state index in [2.05, 4.69) is 10.9 Å². The van der Waals surface area contributed by atoms with Crippen LogP contribution in [0.3, 0.4) is 0 Å². The molecule has 0 aromatic carbocycles. The molecular formula is C7H3ClFN. The third-order valence-corrected chi connectivity index (χ3v) is 1.23. The Hall–Kier alpha value is -1.07. The highest BCUT2D eigenvalue weighted by Gasteiger charge is 1.99. The fourth-order valence-corrected chi connectivity index (χ4v) is 0.603. The van der Waals surface area contributed by atoms with Gasteiger partial charge in [-0.05, 0) is 12.1 Å². The maximum Gasteiger partial charge on any atom is 0.232 e. The Bertz CT molecular complexity index is 290. The average molecular weight is 156 g/mol. The van der Waals surface area contributed by atoms with Gasteiger partial charge in [0.2, 0.25) is 5.95 Å². The van der Waals surface area contributed by atoms with Gasteiger partial charge >= 0.3 is 0 Å². The number of hydrogen-bond acceptors (Lipinski definition) is 1. The van der Waals surface area contributed by atoms with E-state index in [-0.39, 0.29) is 10.7 Å². The van der Waals surface area contributed by atoms with E-state index in [0.717, 1.165) is 0 Å². The second kappa shape index (κ2) is 2.68. The van der Waals surface area contributed by atoms with E-state index in [4.69, 9.17) is 18.0 Å². The van der Waals surface area contributed by atoms with Gasteiger partial charge in [-0.25, -0.2) is 4.98 Å². The predicted molar refractivity (Wildman–Crippen MR) is 37.1 cm³/mol. The van der Waals surface area contributed by atoms with Crippen LogP contribution in [0.2, 0.25) is 5.02 Å². The fraction of sp³-hybridized carbons (Fsp3) is 0. The molecule has 0 aliphatic rings. The minimum absolute atomic E-state index is 0.0148. The quantitative estimate of drug-likeness (QED) is 0.412. The molecule has 0 saturated carbocycles. The zero-order chi connectivity index (χ0) is 7.56. The number of terminal acetylenes is 1. The van der Waals surface area contributed by atoms with E-state index in [1.54, 1.807) is 0 Å². The van der Waals surface area contributed by atoms with E-state index < -0.39 is 5.95 Å². The lowest BCUT2D eigenvalue weighted by Crippen LogP contribution is -1.87. The molecule has 1 nitrogen and oxygen atoms in total. The summed E-state index contributed by atoms with van der Waals surface area (Å²) >= 11 is 5.33. The van der Waals surface area contributed by atoms with Crippen LogP contribution in [0.5, 0.6) is 0 Å². The summed E-state index contributed by atoms with van der Waals surface area (Å²) in [5, 5.41) is -0.0148. The molecule has 0 N–H and O–H groups in total. The standard InChI is InChI=1S/C7H3ClFN/c1-2-5-3-4-6(8)7(9)10-5/h1,3-4H. The first-order chi connectivity index (χ1) is 4.74. The molecule has 1 rings (SSSR count). The van der Waals surface area contributed by atoms with Gasteiger partial charge in [-0.1, -0.05) is 17.5 Å². The Morgan fingerprint density at radius 2 is 2.30 bits per heavy atom. The van der Waals surface area contributed by atoms with E-state index in [0.29, 0.717) is 0 Å². The molecule has 1 heterocycles. The highest BCUT2D eigenvalue weighted by atomic mass is 35.5. The molecular weight excluding hydrogens is 153 g/mol. The number of rotatable bonds is 0. The molecule has 10 heavy (non-hydrogen) atoms. The molecule has 0 bridgehead atoms. The monoisotopic (exact) mass is 155 g/mol. The number of halogens is 2. The summed E-state index contributed by atoms with van der Waals surface area (Å²) in [5.74, 6) is 1.46. The molecule has 0 saturated heterocycles. The maximum atomic E-state index is 12.4. The highest BCUT2D eigenvalue weighted by Crippen LogP contribution is 2.10. The number of pyridine rings is 1. The molecule has 0 aliphatic heterocycles. The highest BCUT2D eigenvalue weighted by molar-refractivity contribution is 6.30. The van der Waals surface area contributed by atoms with Crippen molar-refractivity contribution in [3.8, 4) is 12.3 Å². The van der Waals surface area contributed by atoms with Gasteiger partial charge in [0, 0.05) is 0 Å². The van der Waals surface area contributed by atoms with Crippen molar-refractivity contribution in [1.29, 1.82) is 0 Å². The van der Waals surface area contributed by atoms with Crippen molar-refractivity contribution in [1.82, 2.24) is 4.98 Å². The third-order valence-electron chi connectivity index (χ3n) is 0.951. The second-order valence-electron chi connectivity index (χ2n) is 1.61. The van der Waals surface area contributed by atoms with Crippen molar-refractivity contribution in [2.45, 2.75) is 0 Å². The second-order valence-corrected chi connectivity index (χ2v) is 2.02. The van der Waals surface area contributed by atoms with Gasteiger partial charge in [-0.15, -0.1) is 6.42 Å². The molecule has 1 aromatic rings. The summed E-state index contributed by atoms with van der Waals surface area (Å²) in [7, 11) is 0. The molecule has 0 atom stereocenters. The summed E-state index contributed by atoms with van der Waals surface area (Å²) in [6.45, 7) is 0. The van der Waals surface area contributed by atoms with Crippen LogP contribution < -0.4 is 0 Å². The van der Waals surface area contributed by atoms with Crippen molar-refractivity contribution in [2.24, 2.45) is 0 Å². The lowest BCUT2D eigenvalue weighted by atomic mass is 10.4. The van der Waals surface area contributed by atoms with Crippen molar-refractivity contribution < 1.29 is 4.39 Å². The largest absolute Gasteiger partial charge is 0.232 e. The number of hydrogen-bond donors (Lipinski definition) is 0. The minimum Gasteiger partial charge on any atom is -0.210 e. The van der Waals surface area contributed by atoms with Crippen LogP contribution in [-0.4, -0.2) is 4.98 Å². The van der Waals surface area contributed by atoms with Crippen LogP contribution in [0.25, 0.3) is 0 Å². The van der Waals surface area contributed by atoms with Gasteiger partial charge in [-0.3, -0.25) is 0 Å². The van der Waals surface area contributed by atoms with Gasteiger partial charge in [0.1, 0.15) is 5.69 Å².